The second-order valence-corrected chi connectivity index (χ2v) is 9.06. The first-order valence-corrected chi connectivity index (χ1v) is 12.6. The number of carbonyl (C=O) groups excluding carboxylic acids is 2. The van der Waals surface area contributed by atoms with Gasteiger partial charge in [0.15, 0.2) is 11.6 Å². The zero-order chi connectivity index (χ0) is 28.9. The largest absolute Gasteiger partial charge is 0.452 e. The first kappa shape index (κ1) is 27.2. The summed E-state index contributed by atoms with van der Waals surface area (Å²) in [4.78, 5) is 33.8. The van der Waals surface area contributed by atoms with Gasteiger partial charge in [0.1, 0.15) is 17.1 Å². The second kappa shape index (κ2) is 11.8. The average molecular weight is 558 g/mol. The van der Waals surface area contributed by atoms with Gasteiger partial charge in [-0.2, -0.15) is 5.10 Å². The van der Waals surface area contributed by atoms with Crippen LogP contribution in [0.5, 0.6) is 11.5 Å². The van der Waals surface area contributed by atoms with Crippen molar-refractivity contribution in [1.29, 1.82) is 5.41 Å². The van der Waals surface area contributed by atoms with Crippen LogP contribution >= 0.6 is 0 Å². The van der Waals surface area contributed by atoms with Gasteiger partial charge < -0.3 is 20.4 Å². The van der Waals surface area contributed by atoms with Gasteiger partial charge in [-0.15, -0.1) is 0 Å². The van der Waals surface area contributed by atoms with Gasteiger partial charge in [-0.1, -0.05) is 0 Å². The average Bonchev–Trinajstić information content (AvgIpc) is 3.51. The first-order chi connectivity index (χ1) is 19.9. The predicted molar refractivity (Wildman–Crippen MR) is 149 cm³/mol. The summed E-state index contributed by atoms with van der Waals surface area (Å²) in [6, 6.07) is 11.0. The van der Waals surface area contributed by atoms with E-state index < -0.39 is 23.4 Å². The van der Waals surface area contributed by atoms with Crippen LogP contribution in [0.3, 0.4) is 0 Å². The topological polar surface area (TPSA) is 127 Å². The molecule has 0 fully saturated rings. The summed E-state index contributed by atoms with van der Waals surface area (Å²) in [5.74, 6) is -2.35. The number of pyridine rings is 1. The quantitative estimate of drug-likeness (QED) is 0.199. The minimum Gasteiger partial charge on any atom is -0.452 e. The maximum atomic E-state index is 15.1. The SMILES string of the molecule is CCN1C=C(C(=O)Nc2ccc(Oc3cc(-c4cn[nH]c4)cnc3CC=N)c(F)c2)C(=O)N(c2ccc(F)cc2)C1. The smallest absolute Gasteiger partial charge is 0.266 e. The lowest BCUT2D eigenvalue weighted by atomic mass is 10.1. The molecule has 0 radical (unpaired) electrons. The van der Waals surface area contributed by atoms with E-state index in [1.165, 1.54) is 53.7 Å². The molecule has 0 saturated heterocycles. The van der Waals surface area contributed by atoms with Gasteiger partial charge in [0.2, 0.25) is 0 Å². The maximum Gasteiger partial charge on any atom is 0.266 e. The highest BCUT2D eigenvalue weighted by Gasteiger charge is 2.31. The van der Waals surface area contributed by atoms with Crippen molar-refractivity contribution in [3.8, 4) is 22.6 Å². The van der Waals surface area contributed by atoms with Crippen LogP contribution in [0.15, 0.2) is 78.9 Å². The number of halogens is 2. The fourth-order valence-corrected chi connectivity index (χ4v) is 4.19. The minimum atomic E-state index is -0.760. The fourth-order valence-electron chi connectivity index (χ4n) is 4.19. The number of hydrogen-bond donors (Lipinski definition) is 3. The lowest BCUT2D eigenvalue weighted by Gasteiger charge is -2.34. The van der Waals surface area contributed by atoms with Crippen molar-refractivity contribution >= 4 is 29.4 Å². The Balaban J connectivity index is 1.35. The van der Waals surface area contributed by atoms with Crippen LogP contribution in [0.25, 0.3) is 11.1 Å². The number of anilines is 2. The summed E-state index contributed by atoms with van der Waals surface area (Å²) in [7, 11) is 0. The minimum absolute atomic E-state index is 0.112. The summed E-state index contributed by atoms with van der Waals surface area (Å²) in [5.41, 5.74) is 2.29. The molecule has 3 N–H and O–H groups in total. The molecule has 2 aromatic heterocycles. The Morgan fingerprint density at radius 3 is 2.61 bits per heavy atom. The van der Waals surface area contributed by atoms with Crippen molar-refractivity contribution in [2.75, 3.05) is 23.4 Å². The Morgan fingerprint density at radius 1 is 1.12 bits per heavy atom. The summed E-state index contributed by atoms with van der Waals surface area (Å²) in [6.07, 6.45) is 7.71. The molecule has 4 aromatic rings. The van der Waals surface area contributed by atoms with Crippen molar-refractivity contribution in [3.05, 3.63) is 96.2 Å². The van der Waals surface area contributed by atoms with Gasteiger partial charge in [-0.25, -0.2) is 8.78 Å². The Morgan fingerprint density at radius 2 is 1.93 bits per heavy atom. The number of nitrogens with one attached hydrogen (secondary N) is 3. The number of benzene rings is 2. The lowest BCUT2D eigenvalue weighted by Crippen LogP contribution is -2.47. The number of hydrogen-bond acceptors (Lipinski definition) is 7. The molecule has 0 bridgehead atoms. The molecule has 12 heteroatoms. The summed E-state index contributed by atoms with van der Waals surface area (Å²) in [5, 5.41) is 16.6. The Hall–Kier alpha value is -5.39. The van der Waals surface area contributed by atoms with Crippen molar-refractivity contribution < 1.29 is 23.1 Å². The van der Waals surface area contributed by atoms with Crippen LogP contribution in [0.1, 0.15) is 12.6 Å². The molecule has 5 rings (SSSR count). The Bertz CT molecular complexity index is 1620. The number of amides is 2. The normalized spacial score (nSPS) is 13.1. The van der Waals surface area contributed by atoms with Gasteiger partial charge in [0.25, 0.3) is 11.8 Å². The summed E-state index contributed by atoms with van der Waals surface area (Å²) >= 11 is 0. The standard InChI is InChI=1S/C29H25F2N7O3/c1-2-37-16-23(29(40)38(17-37)22-6-3-20(30)4-7-22)28(39)36-21-5-8-26(24(31)12-21)41-27-11-18(19-14-34-35-15-19)13-33-25(27)9-10-32/h3-8,10-16,32H,2,9,17H2,1H3,(H,34,35)(H,36,39). The van der Waals surface area contributed by atoms with Gasteiger partial charge in [0, 0.05) is 66.3 Å². The molecule has 0 atom stereocenters. The van der Waals surface area contributed by atoms with Crippen molar-refractivity contribution in [1.82, 2.24) is 20.1 Å². The number of H-pyrrole nitrogens is 1. The summed E-state index contributed by atoms with van der Waals surface area (Å²) in [6.45, 7) is 2.57. The molecule has 0 spiro atoms. The van der Waals surface area contributed by atoms with Gasteiger partial charge in [0.05, 0.1) is 18.6 Å². The molecule has 0 saturated carbocycles. The number of ether oxygens (including phenoxy) is 1. The Kier molecular flexibility index (Phi) is 7.81. The molecule has 1 aliphatic rings. The highest BCUT2D eigenvalue weighted by atomic mass is 19.1. The zero-order valence-corrected chi connectivity index (χ0v) is 21.9. The van der Waals surface area contributed by atoms with E-state index in [2.05, 4.69) is 20.5 Å². The van der Waals surface area contributed by atoms with E-state index in [0.29, 0.717) is 23.5 Å². The highest BCUT2D eigenvalue weighted by Crippen LogP contribution is 2.32. The third kappa shape index (κ3) is 5.96. The molecule has 208 valence electrons. The molecule has 10 nitrogen and oxygen atoms in total. The molecule has 2 amide bonds. The molecule has 1 aliphatic heterocycles. The monoisotopic (exact) mass is 557 g/mol. The van der Waals surface area contributed by atoms with Crippen molar-refractivity contribution in [2.45, 2.75) is 13.3 Å². The lowest BCUT2D eigenvalue weighted by molar-refractivity contribution is -0.120. The molecule has 3 heterocycles. The van der Waals surface area contributed by atoms with E-state index in [1.54, 1.807) is 29.6 Å². The van der Waals surface area contributed by atoms with Crippen LogP contribution in [0, 0.1) is 17.0 Å². The number of rotatable bonds is 9. The van der Waals surface area contributed by atoms with E-state index in [0.717, 1.165) is 11.6 Å². The molecular weight excluding hydrogens is 532 g/mol. The van der Waals surface area contributed by atoms with Crippen molar-refractivity contribution in [2.24, 2.45) is 0 Å². The van der Waals surface area contributed by atoms with Crippen LogP contribution < -0.4 is 15.0 Å². The first-order valence-electron chi connectivity index (χ1n) is 12.6. The summed E-state index contributed by atoms with van der Waals surface area (Å²) < 4.78 is 34.4. The molecule has 2 aromatic carbocycles. The highest BCUT2D eigenvalue weighted by molar-refractivity contribution is 6.27. The van der Waals surface area contributed by atoms with Crippen LogP contribution in [-0.4, -0.2) is 51.3 Å². The molecule has 41 heavy (non-hydrogen) atoms. The second-order valence-electron chi connectivity index (χ2n) is 9.06. The van der Waals surface area contributed by atoms with Crippen LogP contribution in [-0.2, 0) is 16.0 Å². The zero-order valence-electron chi connectivity index (χ0n) is 21.9. The maximum absolute atomic E-state index is 15.1. The number of aromatic nitrogens is 3. The van der Waals surface area contributed by atoms with Crippen LogP contribution in [0.4, 0.5) is 20.2 Å². The molecular formula is C29H25F2N7O3. The fraction of sp³-hybridized carbons (Fsp3) is 0.138. The third-order valence-corrected chi connectivity index (χ3v) is 6.37. The Labute approximate surface area is 233 Å². The number of nitrogens with zero attached hydrogens (tertiary/aromatic N) is 4. The van der Waals surface area contributed by atoms with Gasteiger partial charge in [-0.05, 0) is 49.4 Å². The van der Waals surface area contributed by atoms with Gasteiger partial charge in [-0.3, -0.25) is 24.6 Å². The third-order valence-electron chi connectivity index (χ3n) is 6.37. The van der Waals surface area contributed by atoms with E-state index >= 15 is 4.39 Å². The van der Waals surface area contributed by atoms with Crippen LogP contribution in [0.2, 0.25) is 0 Å². The van der Waals surface area contributed by atoms with E-state index in [-0.39, 0.29) is 35.8 Å². The number of aromatic amines is 1. The van der Waals surface area contributed by atoms with E-state index in [9.17, 15) is 14.0 Å². The van der Waals surface area contributed by atoms with E-state index in [1.807, 2.05) is 6.92 Å². The van der Waals surface area contributed by atoms with Gasteiger partial charge >= 0.3 is 0 Å². The van der Waals surface area contributed by atoms with E-state index in [4.69, 9.17) is 10.1 Å². The predicted octanol–water partition coefficient (Wildman–Crippen LogP) is 4.88. The molecule has 0 aliphatic carbocycles. The number of carbonyl (C=O) groups is 2. The van der Waals surface area contributed by atoms with Crippen molar-refractivity contribution in [3.63, 3.8) is 0 Å². The molecule has 0 unspecified atom stereocenters.